The maximum atomic E-state index is 13.0. The van der Waals surface area contributed by atoms with Crippen LogP contribution in [-0.4, -0.2) is 12.3 Å². The molecule has 0 amide bonds. The third-order valence-corrected chi connectivity index (χ3v) is 4.20. The van der Waals surface area contributed by atoms with Gasteiger partial charge in [-0.25, -0.2) is 4.39 Å². The first-order valence-electron chi connectivity index (χ1n) is 8.37. The topological polar surface area (TPSA) is 29.1 Å². The van der Waals surface area contributed by atoms with Crippen LogP contribution in [0.2, 0.25) is 0 Å². The molecule has 0 bridgehead atoms. The van der Waals surface area contributed by atoms with Gasteiger partial charge in [0.2, 0.25) is 0 Å². The zero-order valence-corrected chi connectivity index (χ0v) is 14.8. The van der Waals surface area contributed by atoms with E-state index >= 15 is 0 Å². The zero-order chi connectivity index (χ0) is 17.7. The fourth-order valence-electron chi connectivity index (χ4n) is 2.86. The van der Waals surface area contributed by atoms with Crippen molar-refractivity contribution < 1.29 is 9.18 Å². The highest BCUT2D eigenvalue weighted by Crippen LogP contribution is 2.32. The molecule has 0 radical (unpaired) electrons. The van der Waals surface area contributed by atoms with Crippen LogP contribution in [0.5, 0.6) is 0 Å². The van der Waals surface area contributed by atoms with Crippen LogP contribution in [-0.2, 0) is 0 Å². The Kier molecular flexibility index (Phi) is 5.89. The quantitative estimate of drug-likeness (QED) is 0.755. The van der Waals surface area contributed by atoms with Crippen LogP contribution >= 0.6 is 0 Å². The van der Waals surface area contributed by atoms with Crippen LogP contribution < -0.4 is 5.32 Å². The van der Waals surface area contributed by atoms with Gasteiger partial charge in [0.15, 0.2) is 5.78 Å². The van der Waals surface area contributed by atoms with Gasteiger partial charge in [0.25, 0.3) is 0 Å². The Morgan fingerprint density at radius 1 is 1.04 bits per heavy atom. The summed E-state index contributed by atoms with van der Waals surface area (Å²) in [5.74, 6) is -0.471. The van der Waals surface area contributed by atoms with Crippen molar-refractivity contribution in [2.75, 3.05) is 6.54 Å². The number of rotatable bonds is 6. The third kappa shape index (κ3) is 4.75. The van der Waals surface area contributed by atoms with Gasteiger partial charge >= 0.3 is 0 Å². The number of ketones is 1. The molecule has 0 saturated heterocycles. The average Bonchev–Trinajstić information content (AvgIpc) is 2.54. The Labute approximate surface area is 144 Å². The molecule has 0 aliphatic carbocycles. The Morgan fingerprint density at radius 2 is 1.62 bits per heavy atom. The maximum absolute atomic E-state index is 13.0. The smallest absolute Gasteiger partial charge is 0.166 e. The largest absolute Gasteiger partial charge is 0.309 e. The van der Waals surface area contributed by atoms with Crippen molar-refractivity contribution in [2.45, 2.75) is 33.7 Å². The SMILES string of the molecule is CC(CNC(c1ccccc1)C(C)(C)C)C(=O)c1ccc(F)cc1. The second kappa shape index (κ2) is 7.71. The van der Waals surface area contributed by atoms with Crippen LogP contribution in [0.4, 0.5) is 4.39 Å². The number of hydrogen-bond acceptors (Lipinski definition) is 2. The predicted molar refractivity (Wildman–Crippen MR) is 96.5 cm³/mol. The molecule has 0 heterocycles. The van der Waals surface area contributed by atoms with Crippen LogP contribution in [0.25, 0.3) is 0 Å². The van der Waals surface area contributed by atoms with Gasteiger partial charge in [-0.15, -0.1) is 0 Å². The number of nitrogens with one attached hydrogen (secondary N) is 1. The second-order valence-corrected chi connectivity index (χ2v) is 7.39. The molecule has 2 unspecified atom stereocenters. The number of halogens is 1. The highest BCUT2D eigenvalue weighted by atomic mass is 19.1. The lowest BCUT2D eigenvalue weighted by molar-refractivity contribution is 0.0922. The van der Waals surface area contributed by atoms with Crippen molar-refractivity contribution >= 4 is 5.78 Å². The molecule has 0 aliphatic rings. The number of carbonyl (C=O) groups is 1. The Balaban J connectivity index is 2.06. The van der Waals surface area contributed by atoms with Crippen LogP contribution in [0.15, 0.2) is 54.6 Å². The molecular formula is C21H26FNO. The van der Waals surface area contributed by atoms with Gasteiger partial charge in [-0.3, -0.25) is 4.79 Å². The molecule has 0 spiro atoms. The molecule has 1 N–H and O–H groups in total. The minimum Gasteiger partial charge on any atom is -0.309 e. The number of hydrogen-bond donors (Lipinski definition) is 1. The summed E-state index contributed by atoms with van der Waals surface area (Å²) in [4.78, 5) is 12.5. The lowest BCUT2D eigenvalue weighted by Gasteiger charge is -2.33. The molecule has 2 aromatic carbocycles. The summed E-state index contributed by atoms with van der Waals surface area (Å²) in [6.07, 6.45) is 0. The molecule has 128 valence electrons. The van der Waals surface area contributed by atoms with Gasteiger partial charge in [0.05, 0.1) is 0 Å². The standard InChI is InChI=1S/C21H26FNO/c1-15(19(24)16-10-12-18(22)13-11-16)14-23-20(21(2,3)4)17-8-6-5-7-9-17/h5-13,15,20,23H,14H2,1-4H3. The fraction of sp³-hybridized carbons (Fsp3) is 0.381. The molecule has 2 nitrogen and oxygen atoms in total. The first kappa shape index (κ1) is 18.3. The lowest BCUT2D eigenvalue weighted by atomic mass is 9.82. The monoisotopic (exact) mass is 327 g/mol. The first-order valence-corrected chi connectivity index (χ1v) is 8.37. The Morgan fingerprint density at radius 3 is 2.17 bits per heavy atom. The van der Waals surface area contributed by atoms with Gasteiger partial charge in [-0.2, -0.15) is 0 Å². The number of benzene rings is 2. The highest BCUT2D eigenvalue weighted by Gasteiger charge is 2.27. The molecule has 24 heavy (non-hydrogen) atoms. The van der Waals surface area contributed by atoms with Crippen molar-refractivity contribution in [1.29, 1.82) is 0 Å². The summed E-state index contributed by atoms with van der Waals surface area (Å²) in [5.41, 5.74) is 1.80. The molecule has 2 rings (SSSR count). The number of Topliss-reactive ketones (excluding diaryl/α,β-unsaturated/α-hetero) is 1. The summed E-state index contributed by atoms with van der Waals surface area (Å²) in [6, 6.07) is 16.2. The Bertz CT molecular complexity index is 658. The van der Waals surface area contributed by atoms with Crippen molar-refractivity contribution in [3.63, 3.8) is 0 Å². The van der Waals surface area contributed by atoms with E-state index in [2.05, 4.69) is 38.2 Å². The summed E-state index contributed by atoms with van der Waals surface area (Å²) in [5, 5.41) is 3.54. The summed E-state index contributed by atoms with van der Waals surface area (Å²) >= 11 is 0. The molecule has 0 saturated carbocycles. The van der Waals surface area contributed by atoms with E-state index in [0.29, 0.717) is 12.1 Å². The third-order valence-electron chi connectivity index (χ3n) is 4.20. The van der Waals surface area contributed by atoms with Crippen molar-refractivity contribution in [1.82, 2.24) is 5.32 Å². The van der Waals surface area contributed by atoms with E-state index < -0.39 is 0 Å². The van der Waals surface area contributed by atoms with Gasteiger partial charge in [0, 0.05) is 24.1 Å². The van der Waals surface area contributed by atoms with Crippen LogP contribution in [0.3, 0.4) is 0 Å². The maximum Gasteiger partial charge on any atom is 0.166 e. The normalized spacial score (nSPS) is 14.2. The molecule has 2 aromatic rings. The minimum absolute atomic E-state index is 0.0278. The van der Waals surface area contributed by atoms with Gasteiger partial charge < -0.3 is 5.32 Å². The molecule has 0 fully saturated rings. The van der Waals surface area contributed by atoms with Crippen molar-refractivity contribution in [3.05, 3.63) is 71.5 Å². The molecule has 0 aromatic heterocycles. The predicted octanol–water partition coefficient (Wildman–Crippen LogP) is 5.02. The molecule has 3 heteroatoms. The van der Waals surface area contributed by atoms with Gasteiger partial charge in [0.1, 0.15) is 5.82 Å². The van der Waals surface area contributed by atoms with E-state index in [1.807, 2.05) is 25.1 Å². The van der Waals surface area contributed by atoms with Gasteiger partial charge in [-0.05, 0) is 35.2 Å². The van der Waals surface area contributed by atoms with Gasteiger partial charge in [-0.1, -0.05) is 58.0 Å². The lowest BCUT2D eigenvalue weighted by Crippen LogP contribution is -2.36. The Hall–Kier alpha value is -2.00. The van der Waals surface area contributed by atoms with E-state index in [9.17, 15) is 9.18 Å². The molecule has 2 atom stereocenters. The second-order valence-electron chi connectivity index (χ2n) is 7.39. The van der Waals surface area contributed by atoms with Crippen molar-refractivity contribution in [3.8, 4) is 0 Å². The van der Waals surface area contributed by atoms with Crippen molar-refractivity contribution in [2.24, 2.45) is 11.3 Å². The van der Waals surface area contributed by atoms with E-state index in [4.69, 9.17) is 0 Å². The highest BCUT2D eigenvalue weighted by molar-refractivity contribution is 5.97. The summed E-state index contributed by atoms with van der Waals surface area (Å²) in [7, 11) is 0. The average molecular weight is 327 g/mol. The van der Waals surface area contributed by atoms with E-state index in [1.165, 1.54) is 17.7 Å². The summed E-state index contributed by atoms with van der Waals surface area (Å²) in [6.45, 7) is 9.04. The van der Waals surface area contributed by atoms with Crippen LogP contribution in [0.1, 0.15) is 49.7 Å². The fourth-order valence-corrected chi connectivity index (χ4v) is 2.86. The van der Waals surface area contributed by atoms with E-state index in [-0.39, 0.29) is 29.0 Å². The van der Waals surface area contributed by atoms with E-state index in [0.717, 1.165) is 0 Å². The summed E-state index contributed by atoms with van der Waals surface area (Å²) < 4.78 is 13.0. The first-order chi connectivity index (χ1) is 11.3. The molecule has 0 aliphatic heterocycles. The van der Waals surface area contributed by atoms with E-state index in [1.54, 1.807) is 12.1 Å². The zero-order valence-electron chi connectivity index (χ0n) is 14.8. The molecular weight excluding hydrogens is 301 g/mol. The number of carbonyl (C=O) groups excluding carboxylic acids is 1. The minimum atomic E-state index is -0.325. The van der Waals surface area contributed by atoms with Crippen LogP contribution in [0, 0.1) is 17.2 Å².